The van der Waals surface area contributed by atoms with E-state index in [2.05, 4.69) is 21.2 Å². The Bertz CT molecular complexity index is 720. The molecule has 0 radical (unpaired) electrons. The first-order chi connectivity index (χ1) is 9.81. The fraction of sp³-hybridized carbons (Fsp3) is 0.0714. The maximum absolute atomic E-state index is 13.2. The number of anilines is 2. The van der Waals surface area contributed by atoms with Crippen molar-refractivity contribution in [1.82, 2.24) is 0 Å². The van der Waals surface area contributed by atoms with Crippen LogP contribution in [0.3, 0.4) is 0 Å². The summed E-state index contributed by atoms with van der Waals surface area (Å²) < 4.78 is 51.8. The monoisotopic (exact) mass is 358 g/mol. The smallest absolute Gasteiger partial charge is 0.354 e. The van der Waals surface area contributed by atoms with Crippen LogP contribution in [-0.2, 0) is 6.18 Å². The van der Waals surface area contributed by atoms with E-state index in [4.69, 9.17) is 5.26 Å². The molecule has 0 fully saturated rings. The predicted octanol–water partition coefficient (Wildman–Crippen LogP) is 5.22. The number of nitrogens with one attached hydrogen (secondary N) is 1. The van der Waals surface area contributed by atoms with Crippen LogP contribution < -0.4 is 5.32 Å². The van der Waals surface area contributed by atoms with E-state index in [9.17, 15) is 17.6 Å². The van der Waals surface area contributed by atoms with Gasteiger partial charge in [0.15, 0.2) is 0 Å². The molecule has 2 aromatic rings. The zero-order valence-electron chi connectivity index (χ0n) is 10.3. The molecule has 7 heteroatoms. The Kier molecular flexibility index (Phi) is 4.19. The standard InChI is InChI=1S/C14H7BrF4N2/c15-9-1-4-13(8(5-9)7-20)21-10-2-3-12(16)11(6-10)14(17,18)19/h1-6,21H. The molecule has 21 heavy (non-hydrogen) atoms. The van der Waals surface area contributed by atoms with Crippen LogP contribution in [0.25, 0.3) is 0 Å². The maximum atomic E-state index is 13.2. The van der Waals surface area contributed by atoms with Crippen LogP contribution in [0.4, 0.5) is 28.9 Å². The molecule has 0 heterocycles. The van der Waals surface area contributed by atoms with Crippen molar-refractivity contribution in [1.29, 1.82) is 5.26 Å². The number of hydrogen-bond acceptors (Lipinski definition) is 2. The third-order valence-electron chi connectivity index (χ3n) is 2.65. The lowest BCUT2D eigenvalue weighted by Crippen LogP contribution is -2.08. The molecule has 0 amide bonds. The van der Waals surface area contributed by atoms with Crippen LogP contribution in [0, 0.1) is 17.1 Å². The quantitative estimate of drug-likeness (QED) is 0.746. The zero-order chi connectivity index (χ0) is 15.6. The predicted molar refractivity (Wildman–Crippen MR) is 73.5 cm³/mol. The number of hydrogen-bond donors (Lipinski definition) is 1. The molecule has 0 saturated carbocycles. The highest BCUT2D eigenvalue weighted by Crippen LogP contribution is 2.34. The first kappa shape index (κ1) is 15.3. The van der Waals surface area contributed by atoms with Gasteiger partial charge in [-0.05, 0) is 36.4 Å². The summed E-state index contributed by atoms with van der Waals surface area (Å²) in [5.41, 5.74) is -0.728. The highest BCUT2D eigenvalue weighted by Gasteiger charge is 2.34. The van der Waals surface area contributed by atoms with E-state index in [0.717, 1.165) is 6.07 Å². The number of alkyl halides is 3. The van der Waals surface area contributed by atoms with Gasteiger partial charge in [0.25, 0.3) is 0 Å². The summed E-state index contributed by atoms with van der Waals surface area (Å²) in [6.07, 6.45) is -4.78. The fourth-order valence-corrected chi connectivity index (χ4v) is 2.05. The molecule has 2 aromatic carbocycles. The van der Waals surface area contributed by atoms with Gasteiger partial charge in [-0.3, -0.25) is 0 Å². The normalized spacial score (nSPS) is 11.0. The average Bonchev–Trinajstić information content (AvgIpc) is 2.41. The van der Waals surface area contributed by atoms with Gasteiger partial charge in [0.2, 0.25) is 0 Å². The van der Waals surface area contributed by atoms with Crippen LogP contribution in [-0.4, -0.2) is 0 Å². The topological polar surface area (TPSA) is 35.8 Å². The molecule has 0 aromatic heterocycles. The number of halogens is 5. The van der Waals surface area contributed by atoms with Crippen molar-refractivity contribution in [2.75, 3.05) is 5.32 Å². The van der Waals surface area contributed by atoms with Crippen LogP contribution in [0.2, 0.25) is 0 Å². The van der Waals surface area contributed by atoms with Gasteiger partial charge >= 0.3 is 6.18 Å². The van der Waals surface area contributed by atoms with Gasteiger partial charge in [-0.25, -0.2) is 4.39 Å². The minimum Gasteiger partial charge on any atom is -0.354 e. The maximum Gasteiger partial charge on any atom is 0.419 e. The molecule has 1 N–H and O–H groups in total. The number of rotatable bonds is 2. The minimum absolute atomic E-state index is 0.0440. The molecular weight excluding hydrogens is 352 g/mol. The average molecular weight is 359 g/mol. The lowest BCUT2D eigenvalue weighted by atomic mass is 10.1. The molecule has 0 atom stereocenters. The van der Waals surface area contributed by atoms with Gasteiger partial charge in [0.1, 0.15) is 11.9 Å². The second-order valence-corrected chi connectivity index (χ2v) is 5.03. The van der Waals surface area contributed by atoms with Crippen molar-refractivity contribution >= 4 is 27.3 Å². The Hall–Kier alpha value is -2.07. The summed E-state index contributed by atoms with van der Waals surface area (Å²) in [5, 5.41) is 11.7. The van der Waals surface area contributed by atoms with Gasteiger partial charge < -0.3 is 5.32 Å². The van der Waals surface area contributed by atoms with Crippen LogP contribution >= 0.6 is 15.9 Å². The highest BCUT2D eigenvalue weighted by molar-refractivity contribution is 9.10. The van der Waals surface area contributed by atoms with Gasteiger partial charge in [0.05, 0.1) is 16.8 Å². The van der Waals surface area contributed by atoms with Crippen molar-refractivity contribution in [2.45, 2.75) is 6.18 Å². The van der Waals surface area contributed by atoms with E-state index in [1.807, 2.05) is 6.07 Å². The molecule has 0 bridgehead atoms. The first-order valence-electron chi connectivity index (χ1n) is 5.64. The third-order valence-corrected chi connectivity index (χ3v) is 3.15. The minimum atomic E-state index is -4.78. The molecule has 0 aliphatic carbocycles. The molecule has 0 saturated heterocycles. The van der Waals surface area contributed by atoms with E-state index >= 15 is 0 Å². The Balaban J connectivity index is 2.40. The molecule has 108 valence electrons. The van der Waals surface area contributed by atoms with Gasteiger partial charge in [0, 0.05) is 10.2 Å². The lowest BCUT2D eigenvalue weighted by Gasteiger charge is -2.12. The second-order valence-electron chi connectivity index (χ2n) is 4.12. The molecule has 2 rings (SSSR count). The van der Waals surface area contributed by atoms with Crippen molar-refractivity contribution in [3.05, 3.63) is 57.8 Å². The molecule has 0 unspecified atom stereocenters. The van der Waals surface area contributed by atoms with Crippen LogP contribution in [0.15, 0.2) is 40.9 Å². The van der Waals surface area contributed by atoms with Crippen LogP contribution in [0.1, 0.15) is 11.1 Å². The van der Waals surface area contributed by atoms with E-state index in [0.29, 0.717) is 16.2 Å². The third kappa shape index (κ3) is 3.52. The Morgan fingerprint density at radius 3 is 2.43 bits per heavy atom. The molecule has 0 spiro atoms. The first-order valence-corrected chi connectivity index (χ1v) is 6.44. The lowest BCUT2D eigenvalue weighted by molar-refractivity contribution is -0.139. The molecule has 0 aliphatic heterocycles. The fourth-order valence-electron chi connectivity index (χ4n) is 1.69. The summed E-state index contributed by atoms with van der Waals surface area (Å²) in [6, 6.07) is 9.20. The van der Waals surface area contributed by atoms with E-state index in [1.54, 1.807) is 12.1 Å². The van der Waals surface area contributed by atoms with Crippen molar-refractivity contribution in [2.24, 2.45) is 0 Å². The number of nitrogens with zero attached hydrogens (tertiary/aromatic N) is 1. The summed E-state index contributed by atoms with van der Waals surface area (Å²) in [7, 11) is 0. The largest absolute Gasteiger partial charge is 0.419 e. The van der Waals surface area contributed by atoms with E-state index in [-0.39, 0.29) is 11.3 Å². The zero-order valence-corrected chi connectivity index (χ0v) is 11.9. The van der Waals surface area contributed by atoms with Crippen molar-refractivity contribution in [3.8, 4) is 6.07 Å². The summed E-state index contributed by atoms with van der Waals surface area (Å²) in [6.45, 7) is 0. The van der Waals surface area contributed by atoms with Crippen molar-refractivity contribution in [3.63, 3.8) is 0 Å². The molecular formula is C14H7BrF4N2. The van der Waals surface area contributed by atoms with E-state index in [1.165, 1.54) is 12.1 Å². The van der Waals surface area contributed by atoms with Gasteiger partial charge in [-0.15, -0.1) is 0 Å². The number of benzene rings is 2. The SMILES string of the molecule is N#Cc1cc(Br)ccc1Nc1ccc(F)c(C(F)(F)F)c1. The summed E-state index contributed by atoms with van der Waals surface area (Å²) in [4.78, 5) is 0. The Morgan fingerprint density at radius 1 is 1.10 bits per heavy atom. The second kappa shape index (κ2) is 5.74. The van der Waals surface area contributed by atoms with Crippen LogP contribution in [0.5, 0.6) is 0 Å². The van der Waals surface area contributed by atoms with E-state index < -0.39 is 17.6 Å². The summed E-state index contributed by atoms with van der Waals surface area (Å²) in [5.74, 6) is -1.34. The molecule has 0 aliphatic rings. The van der Waals surface area contributed by atoms with Crippen molar-refractivity contribution < 1.29 is 17.6 Å². The number of nitriles is 1. The van der Waals surface area contributed by atoms with Gasteiger partial charge in [-0.2, -0.15) is 18.4 Å². The summed E-state index contributed by atoms with van der Waals surface area (Å²) >= 11 is 3.19. The highest BCUT2D eigenvalue weighted by atomic mass is 79.9. The molecule has 2 nitrogen and oxygen atoms in total. The van der Waals surface area contributed by atoms with Gasteiger partial charge in [-0.1, -0.05) is 15.9 Å². The Labute approximate surface area is 126 Å². The Morgan fingerprint density at radius 2 is 1.81 bits per heavy atom.